The molecule has 27 heavy (non-hydrogen) atoms. The smallest absolute Gasteiger partial charge is 0.225 e. The Morgan fingerprint density at radius 3 is 2.37 bits per heavy atom. The second-order valence-corrected chi connectivity index (χ2v) is 7.26. The molecule has 140 valence electrons. The molecule has 0 bridgehead atoms. The van der Waals surface area contributed by atoms with Crippen LogP contribution >= 0.6 is 0 Å². The summed E-state index contributed by atoms with van der Waals surface area (Å²) in [7, 11) is 0. The second-order valence-electron chi connectivity index (χ2n) is 7.26. The quantitative estimate of drug-likeness (QED) is 0.856. The van der Waals surface area contributed by atoms with Gasteiger partial charge in [0.25, 0.3) is 0 Å². The van der Waals surface area contributed by atoms with Crippen LogP contribution in [0.15, 0.2) is 54.6 Å². The van der Waals surface area contributed by atoms with E-state index in [0.717, 1.165) is 18.6 Å². The number of ether oxygens (including phenoxy) is 1. The average Bonchev–Trinajstić information content (AvgIpc) is 3.25. The molecule has 0 spiro atoms. The largest absolute Gasteiger partial charge is 0.493 e. The van der Waals surface area contributed by atoms with Crippen molar-refractivity contribution in [1.29, 1.82) is 0 Å². The molecule has 1 N–H and O–H groups in total. The maximum absolute atomic E-state index is 12.5. The first-order chi connectivity index (χ1) is 13.2. The van der Waals surface area contributed by atoms with E-state index in [4.69, 9.17) is 4.74 Å². The predicted octanol–water partition coefficient (Wildman–Crippen LogP) is 2.34. The third kappa shape index (κ3) is 4.13. The minimum Gasteiger partial charge on any atom is -0.493 e. The zero-order valence-corrected chi connectivity index (χ0v) is 15.3. The molecule has 1 aliphatic heterocycles. The number of hydrogen-bond donors (Lipinski definition) is 1. The normalized spacial score (nSPS) is 19.2. The number of carbonyl (C=O) groups excluding carboxylic acids is 2. The summed E-state index contributed by atoms with van der Waals surface area (Å²) in [6, 6.07) is 17.9. The number of para-hydroxylation sites is 1. The highest BCUT2D eigenvalue weighted by Crippen LogP contribution is 2.28. The molecule has 0 aromatic heterocycles. The zero-order chi connectivity index (χ0) is 18.6. The highest BCUT2D eigenvalue weighted by atomic mass is 16.5. The van der Waals surface area contributed by atoms with E-state index in [1.165, 1.54) is 11.1 Å². The van der Waals surface area contributed by atoms with Gasteiger partial charge >= 0.3 is 0 Å². The summed E-state index contributed by atoms with van der Waals surface area (Å²) >= 11 is 0. The van der Waals surface area contributed by atoms with Gasteiger partial charge in [-0.25, -0.2) is 0 Å². The summed E-state index contributed by atoms with van der Waals surface area (Å²) in [6.45, 7) is 0.931. The molecule has 1 atom stereocenters. The van der Waals surface area contributed by atoms with E-state index in [1.54, 1.807) is 0 Å². The number of benzene rings is 2. The molecule has 0 unspecified atom stereocenters. The van der Waals surface area contributed by atoms with Gasteiger partial charge in [-0.2, -0.15) is 0 Å². The van der Waals surface area contributed by atoms with E-state index in [9.17, 15) is 9.59 Å². The minimum atomic E-state index is -0.106. The Morgan fingerprint density at radius 1 is 1.00 bits per heavy atom. The second kappa shape index (κ2) is 7.82. The van der Waals surface area contributed by atoms with E-state index < -0.39 is 0 Å². The fourth-order valence-corrected chi connectivity index (χ4v) is 4.02. The third-order valence-electron chi connectivity index (χ3n) is 5.33. The lowest BCUT2D eigenvalue weighted by Crippen LogP contribution is -2.41. The van der Waals surface area contributed by atoms with Crippen LogP contribution in [0.3, 0.4) is 0 Å². The first-order valence-corrected chi connectivity index (χ1v) is 9.52. The van der Waals surface area contributed by atoms with Gasteiger partial charge in [-0.05, 0) is 36.1 Å². The number of nitrogens with one attached hydrogen (secondary N) is 1. The monoisotopic (exact) mass is 364 g/mol. The van der Waals surface area contributed by atoms with E-state index >= 15 is 0 Å². The van der Waals surface area contributed by atoms with Gasteiger partial charge in [0.1, 0.15) is 5.75 Å². The standard InChI is InChI=1S/C22H24N2O3/c25-21(10-11-27-20-8-2-1-3-9-20)23-18-14-22(26)24(15-18)19-12-16-6-4-5-7-17(16)13-19/h1-9,18-19H,10-15H2,(H,23,25)/t18-/m0/s1. The summed E-state index contributed by atoms with van der Waals surface area (Å²) in [5.41, 5.74) is 2.67. The number of fused-ring (bicyclic) bond motifs is 1. The topological polar surface area (TPSA) is 58.6 Å². The minimum absolute atomic E-state index is 0.0692. The molecular formula is C22H24N2O3. The Hall–Kier alpha value is -2.82. The lowest BCUT2D eigenvalue weighted by Gasteiger charge is -2.24. The molecule has 1 aliphatic carbocycles. The van der Waals surface area contributed by atoms with Gasteiger partial charge in [-0.15, -0.1) is 0 Å². The number of hydrogen-bond acceptors (Lipinski definition) is 3. The fourth-order valence-electron chi connectivity index (χ4n) is 4.02. The lowest BCUT2D eigenvalue weighted by atomic mass is 10.1. The molecular weight excluding hydrogens is 340 g/mol. The van der Waals surface area contributed by atoms with Crippen molar-refractivity contribution in [3.63, 3.8) is 0 Å². The first kappa shape index (κ1) is 17.6. The van der Waals surface area contributed by atoms with Crippen LogP contribution in [0.5, 0.6) is 5.75 Å². The molecule has 5 nitrogen and oxygen atoms in total. The van der Waals surface area contributed by atoms with Gasteiger partial charge in [0.05, 0.1) is 19.1 Å². The molecule has 1 saturated heterocycles. The molecule has 4 rings (SSSR count). The summed E-state index contributed by atoms with van der Waals surface area (Å²) in [6.07, 6.45) is 2.49. The molecule has 0 radical (unpaired) electrons. The van der Waals surface area contributed by atoms with Crippen LogP contribution in [-0.4, -0.2) is 41.9 Å². The summed E-state index contributed by atoms with van der Waals surface area (Å²) < 4.78 is 5.56. The van der Waals surface area contributed by atoms with Crippen molar-refractivity contribution in [2.45, 2.75) is 37.8 Å². The Labute approximate surface area is 159 Å². The SMILES string of the molecule is O=C(CCOc1ccccc1)N[C@H]1CC(=O)N(C2Cc3ccccc3C2)C1. The van der Waals surface area contributed by atoms with Gasteiger partial charge < -0.3 is 15.0 Å². The number of rotatable bonds is 6. The van der Waals surface area contributed by atoms with Gasteiger partial charge in [0.15, 0.2) is 0 Å². The molecule has 1 fully saturated rings. The van der Waals surface area contributed by atoms with Crippen molar-refractivity contribution in [3.8, 4) is 5.75 Å². The first-order valence-electron chi connectivity index (χ1n) is 9.52. The summed E-state index contributed by atoms with van der Waals surface area (Å²) in [4.78, 5) is 26.6. The van der Waals surface area contributed by atoms with Crippen LogP contribution in [-0.2, 0) is 22.4 Å². The number of carbonyl (C=O) groups is 2. The van der Waals surface area contributed by atoms with Crippen molar-refractivity contribution in [2.24, 2.45) is 0 Å². The highest BCUT2D eigenvalue weighted by Gasteiger charge is 2.37. The lowest BCUT2D eigenvalue weighted by molar-refractivity contribution is -0.129. The van der Waals surface area contributed by atoms with E-state index in [0.29, 0.717) is 19.6 Å². The van der Waals surface area contributed by atoms with Gasteiger partial charge in [-0.3, -0.25) is 9.59 Å². The zero-order valence-electron chi connectivity index (χ0n) is 15.3. The van der Waals surface area contributed by atoms with Crippen molar-refractivity contribution in [2.75, 3.05) is 13.2 Å². The molecule has 2 aromatic rings. The van der Waals surface area contributed by atoms with Crippen molar-refractivity contribution in [1.82, 2.24) is 10.2 Å². The number of nitrogens with zero attached hydrogens (tertiary/aromatic N) is 1. The summed E-state index contributed by atoms with van der Waals surface area (Å²) in [5, 5.41) is 2.99. The number of amides is 2. The van der Waals surface area contributed by atoms with Crippen LogP contribution in [0.2, 0.25) is 0 Å². The van der Waals surface area contributed by atoms with E-state index in [1.807, 2.05) is 47.4 Å². The van der Waals surface area contributed by atoms with Crippen LogP contribution in [0.25, 0.3) is 0 Å². The van der Waals surface area contributed by atoms with Gasteiger partial charge in [-0.1, -0.05) is 42.5 Å². The van der Waals surface area contributed by atoms with Crippen LogP contribution in [0.4, 0.5) is 0 Å². The molecule has 0 saturated carbocycles. The maximum atomic E-state index is 12.5. The summed E-state index contributed by atoms with van der Waals surface area (Å²) in [5.74, 6) is 0.826. The fraction of sp³-hybridized carbons (Fsp3) is 0.364. The molecule has 5 heteroatoms. The van der Waals surface area contributed by atoms with Crippen LogP contribution in [0, 0.1) is 0 Å². The Morgan fingerprint density at radius 2 is 1.67 bits per heavy atom. The van der Waals surface area contributed by atoms with Crippen molar-refractivity contribution >= 4 is 11.8 Å². The molecule has 2 aliphatic rings. The Balaban J connectivity index is 1.24. The van der Waals surface area contributed by atoms with Gasteiger partial charge in [0.2, 0.25) is 11.8 Å². The van der Waals surface area contributed by atoms with Crippen LogP contribution < -0.4 is 10.1 Å². The highest BCUT2D eigenvalue weighted by molar-refractivity contribution is 5.82. The van der Waals surface area contributed by atoms with E-state index in [-0.39, 0.29) is 30.3 Å². The molecule has 2 aromatic carbocycles. The van der Waals surface area contributed by atoms with Crippen molar-refractivity contribution < 1.29 is 14.3 Å². The Bertz CT molecular complexity index is 796. The predicted molar refractivity (Wildman–Crippen MR) is 102 cm³/mol. The Kier molecular flexibility index (Phi) is 5.10. The van der Waals surface area contributed by atoms with Crippen molar-refractivity contribution in [3.05, 3.63) is 65.7 Å². The van der Waals surface area contributed by atoms with E-state index in [2.05, 4.69) is 17.4 Å². The van der Waals surface area contributed by atoms with Crippen LogP contribution in [0.1, 0.15) is 24.0 Å². The molecule has 1 heterocycles. The van der Waals surface area contributed by atoms with Gasteiger partial charge in [0, 0.05) is 19.0 Å². The number of likely N-dealkylation sites (tertiary alicyclic amines) is 1. The average molecular weight is 364 g/mol. The maximum Gasteiger partial charge on any atom is 0.225 e. The molecule has 2 amide bonds. The third-order valence-corrected chi connectivity index (χ3v) is 5.33.